The van der Waals surface area contributed by atoms with E-state index < -0.39 is 0 Å². The quantitative estimate of drug-likeness (QED) is 0.163. The van der Waals surface area contributed by atoms with E-state index in [1.54, 1.807) is 12.2 Å². The molecule has 0 bridgehead atoms. The number of hydrogen-bond acceptors (Lipinski definition) is 2. The van der Waals surface area contributed by atoms with Gasteiger partial charge in [-0.25, -0.2) is 0 Å². The maximum atomic E-state index is 12.2. The Hall–Kier alpha value is -5.34. The molecule has 6 aromatic carbocycles. The van der Waals surface area contributed by atoms with E-state index in [9.17, 15) is 9.59 Å². The minimum atomic E-state index is 0.0274. The molecule has 2 nitrogen and oxygen atoms in total. The molecule has 0 N–H and O–H groups in total. The number of carbonyl (C=O) groups excluding carboxylic acids is 2. The first-order valence-corrected chi connectivity index (χ1v) is 13.2. The molecule has 0 fully saturated rings. The maximum absolute atomic E-state index is 12.2. The first kappa shape index (κ1) is 26.3. The lowest BCUT2D eigenvalue weighted by Crippen LogP contribution is -1.93. The number of ketones is 2. The van der Waals surface area contributed by atoms with Crippen LogP contribution in [0.15, 0.2) is 158 Å². The number of benzene rings is 6. The molecule has 6 rings (SSSR count). The Morgan fingerprint density at radius 2 is 0.725 bits per heavy atom. The minimum Gasteiger partial charge on any atom is -0.289 e. The fourth-order valence-electron chi connectivity index (χ4n) is 4.35. The zero-order chi connectivity index (χ0) is 27.6. The summed E-state index contributed by atoms with van der Waals surface area (Å²) in [5, 5.41) is 4.48. The summed E-state index contributed by atoms with van der Waals surface area (Å²) in [7, 11) is 0. The van der Waals surface area contributed by atoms with Gasteiger partial charge in [-0.05, 0) is 57.0 Å². The molecular weight excluding hydrogens is 488 g/mol. The predicted octanol–water partition coefficient (Wildman–Crippen LogP) is 9.47. The third kappa shape index (κ3) is 6.94. The molecule has 0 atom stereocenters. The normalized spacial score (nSPS) is 11.0. The van der Waals surface area contributed by atoms with E-state index in [1.165, 1.54) is 0 Å². The van der Waals surface area contributed by atoms with Crippen molar-refractivity contribution in [1.29, 1.82) is 0 Å². The summed E-state index contributed by atoms with van der Waals surface area (Å²) in [4.78, 5) is 24.3. The van der Waals surface area contributed by atoms with Gasteiger partial charge in [-0.1, -0.05) is 146 Å². The van der Waals surface area contributed by atoms with Crippen LogP contribution in [0.5, 0.6) is 0 Å². The molecule has 192 valence electrons. The van der Waals surface area contributed by atoms with Gasteiger partial charge in [-0.15, -0.1) is 0 Å². The minimum absolute atomic E-state index is 0.0274. The lowest BCUT2D eigenvalue weighted by molar-refractivity contribution is 0.104. The van der Waals surface area contributed by atoms with Crippen molar-refractivity contribution < 1.29 is 9.59 Å². The van der Waals surface area contributed by atoms with Gasteiger partial charge in [0, 0.05) is 11.1 Å². The van der Waals surface area contributed by atoms with E-state index in [0.29, 0.717) is 0 Å². The van der Waals surface area contributed by atoms with Gasteiger partial charge >= 0.3 is 0 Å². The van der Waals surface area contributed by atoms with E-state index in [1.807, 2.05) is 158 Å². The first-order valence-electron chi connectivity index (χ1n) is 13.2. The maximum Gasteiger partial charge on any atom is 0.185 e. The van der Waals surface area contributed by atoms with Gasteiger partial charge in [0.1, 0.15) is 0 Å². The summed E-state index contributed by atoms with van der Waals surface area (Å²) >= 11 is 0. The van der Waals surface area contributed by atoms with Crippen molar-refractivity contribution in [1.82, 2.24) is 0 Å². The lowest BCUT2D eigenvalue weighted by atomic mass is 10.0. The molecule has 0 aliphatic carbocycles. The van der Waals surface area contributed by atoms with Crippen LogP contribution >= 0.6 is 0 Å². The van der Waals surface area contributed by atoms with Gasteiger partial charge in [0.15, 0.2) is 11.6 Å². The predicted molar refractivity (Wildman–Crippen MR) is 168 cm³/mol. The monoisotopic (exact) mass is 516 g/mol. The zero-order valence-corrected chi connectivity index (χ0v) is 22.0. The third-order valence-corrected chi connectivity index (χ3v) is 6.52. The summed E-state index contributed by atoms with van der Waals surface area (Å²) in [6.07, 6.45) is 6.94. The summed E-state index contributed by atoms with van der Waals surface area (Å²) in [6.45, 7) is 0. The van der Waals surface area contributed by atoms with Gasteiger partial charge < -0.3 is 0 Å². The van der Waals surface area contributed by atoms with Crippen LogP contribution in [0.2, 0.25) is 0 Å². The van der Waals surface area contributed by atoms with Crippen molar-refractivity contribution in [2.24, 2.45) is 0 Å². The molecule has 6 aromatic rings. The van der Waals surface area contributed by atoms with Crippen LogP contribution < -0.4 is 0 Å². The van der Waals surface area contributed by atoms with Crippen LogP contribution in [0, 0.1) is 0 Å². The fraction of sp³-hybridized carbons (Fsp3) is 0. The number of carbonyl (C=O) groups is 2. The lowest BCUT2D eigenvalue weighted by Gasteiger charge is -2.00. The molecular formula is C38H28O2. The summed E-state index contributed by atoms with van der Waals surface area (Å²) in [6, 6.07) is 47.4. The van der Waals surface area contributed by atoms with Crippen LogP contribution in [0.3, 0.4) is 0 Å². The highest BCUT2D eigenvalue weighted by Crippen LogP contribution is 2.18. The van der Waals surface area contributed by atoms with Crippen LogP contribution in [0.4, 0.5) is 0 Å². The molecule has 40 heavy (non-hydrogen) atoms. The van der Waals surface area contributed by atoms with Crippen molar-refractivity contribution in [3.8, 4) is 0 Å². The number of hydrogen-bond donors (Lipinski definition) is 0. The molecule has 0 unspecified atom stereocenters. The van der Waals surface area contributed by atoms with Crippen molar-refractivity contribution in [2.45, 2.75) is 0 Å². The number of fused-ring (bicyclic) bond motifs is 2. The summed E-state index contributed by atoms with van der Waals surface area (Å²) in [5.74, 6) is 0.0548. The second kappa shape index (κ2) is 12.9. The number of rotatable bonds is 6. The van der Waals surface area contributed by atoms with Gasteiger partial charge in [0.2, 0.25) is 0 Å². The summed E-state index contributed by atoms with van der Waals surface area (Å²) in [5.41, 5.74) is 3.50. The van der Waals surface area contributed by atoms with Gasteiger partial charge in [-0.2, -0.15) is 0 Å². The largest absolute Gasteiger partial charge is 0.289 e. The van der Waals surface area contributed by atoms with E-state index in [4.69, 9.17) is 0 Å². The van der Waals surface area contributed by atoms with Crippen molar-refractivity contribution in [3.05, 3.63) is 180 Å². The van der Waals surface area contributed by atoms with Crippen molar-refractivity contribution in [3.63, 3.8) is 0 Å². The van der Waals surface area contributed by atoms with E-state index in [2.05, 4.69) is 0 Å². The highest BCUT2D eigenvalue weighted by Gasteiger charge is 2.04. The summed E-state index contributed by atoms with van der Waals surface area (Å²) < 4.78 is 0. The molecule has 0 heterocycles. The molecule has 0 saturated carbocycles. The Labute approximate surface area is 234 Å². The van der Waals surface area contributed by atoms with Crippen LogP contribution in [0.25, 0.3) is 33.7 Å². The molecule has 0 saturated heterocycles. The Kier molecular flexibility index (Phi) is 8.50. The molecule has 0 aromatic heterocycles. The average molecular weight is 517 g/mol. The van der Waals surface area contributed by atoms with Crippen molar-refractivity contribution >= 4 is 45.3 Å². The average Bonchev–Trinajstić information content (AvgIpc) is 3.03. The number of allylic oxidation sites excluding steroid dienone is 2. The molecule has 0 aliphatic heterocycles. The molecule has 0 spiro atoms. The van der Waals surface area contributed by atoms with Gasteiger partial charge in [-0.3, -0.25) is 9.59 Å². The first-order chi connectivity index (χ1) is 19.7. The SMILES string of the molecule is O=C(/C=C/c1ccccc1)c1ccc2ccccc2c1.O=C(/C=C/c1ccccc1)c1ccc2ccccc2c1. The topological polar surface area (TPSA) is 34.1 Å². The Morgan fingerprint density at radius 3 is 1.12 bits per heavy atom. The van der Waals surface area contributed by atoms with E-state index in [-0.39, 0.29) is 11.6 Å². The Morgan fingerprint density at radius 1 is 0.375 bits per heavy atom. The standard InChI is InChI=1S/2C19H14O/c2*20-19(13-10-15-6-2-1-3-7-15)18-12-11-16-8-4-5-9-17(16)14-18/h2*1-14H/b2*13-10+. The zero-order valence-electron chi connectivity index (χ0n) is 22.0. The Bertz CT molecular complexity index is 1680. The van der Waals surface area contributed by atoms with Crippen LogP contribution in [-0.4, -0.2) is 11.6 Å². The van der Waals surface area contributed by atoms with Crippen molar-refractivity contribution in [2.75, 3.05) is 0 Å². The molecule has 0 aliphatic rings. The molecule has 2 heteroatoms. The molecule has 0 amide bonds. The van der Waals surface area contributed by atoms with E-state index >= 15 is 0 Å². The van der Waals surface area contributed by atoms with Crippen LogP contribution in [-0.2, 0) is 0 Å². The van der Waals surface area contributed by atoms with E-state index in [0.717, 1.165) is 43.8 Å². The highest BCUT2D eigenvalue weighted by molar-refractivity contribution is 6.09. The van der Waals surface area contributed by atoms with Gasteiger partial charge in [0.25, 0.3) is 0 Å². The van der Waals surface area contributed by atoms with Gasteiger partial charge in [0.05, 0.1) is 0 Å². The third-order valence-electron chi connectivity index (χ3n) is 6.52. The molecule has 0 radical (unpaired) electrons. The fourth-order valence-corrected chi connectivity index (χ4v) is 4.35. The highest BCUT2D eigenvalue weighted by atomic mass is 16.1. The Balaban J connectivity index is 0.000000161. The van der Waals surface area contributed by atoms with Crippen LogP contribution in [0.1, 0.15) is 31.8 Å². The second-order valence-corrected chi connectivity index (χ2v) is 9.34. The smallest absolute Gasteiger partial charge is 0.185 e. The second-order valence-electron chi connectivity index (χ2n) is 9.34.